The zero-order chi connectivity index (χ0) is 29.6. The van der Waals surface area contributed by atoms with Gasteiger partial charge in [0.1, 0.15) is 11.0 Å². The Hall–Kier alpha value is -2.23. The highest BCUT2D eigenvalue weighted by molar-refractivity contribution is 6.30. The summed E-state index contributed by atoms with van der Waals surface area (Å²) in [7, 11) is 0. The van der Waals surface area contributed by atoms with Gasteiger partial charge in [0, 0.05) is 34.6 Å². The lowest BCUT2D eigenvalue weighted by atomic mass is 9.47. The van der Waals surface area contributed by atoms with Crippen LogP contribution in [-0.2, 0) is 14.9 Å². The number of amides is 1. The van der Waals surface area contributed by atoms with Crippen LogP contribution in [0.25, 0.3) is 0 Å². The lowest BCUT2D eigenvalue weighted by Gasteiger charge is -2.57. The van der Waals surface area contributed by atoms with Crippen LogP contribution in [0, 0.1) is 17.2 Å². The summed E-state index contributed by atoms with van der Waals surface area (Å²) < 4.78 is 22.0. The average Bonchev–Trinajstić information content (AvgIpc) is 3.43. The smallest absolute Gasteiger partial charge is 0.238 e. The Bertz CT molecular complexity index is 1480. The van der Waals surface area contributed by atoms with Gasteiger partial charge in [-0.05, 0) is 68.1 Å². The van der Waals surface area contributed by atoms with E-state index in [2.05, 4.69) is 40.9 Å². The molecule has 2 aliphatic carbocycles. The van der Waals surface area contributed by atoms with Crippen LogP contribution in [-0.4, -0.2) is 52.4 Å². The molecule has 1 aromatic carbocycles. The predicted octanol–water partition coefficient (Wildman–Crippen LogP) is 5.45. The van der Waals surface area contributed by atoms with Gasteiger partial charge in [0.25, 0.3) is 0 Å². The Morgan fingerprint density at radius 2 is 2.07 bits per heavy atom. The molecule has 2 unspecified atom stereocenters. The van der Waals surface area contributed by atoms with Gasteiger partial charge in [0.15, 0.2) is 0 Å². The molecular formula is C32H37Cl2FN4O3. The summed E-state index contributed by atoms with van der Waals surface area (Å²) in [6.07, 6.45) is 7.20. The van der Waals surface area contributed by atoms with Crippen molar-refractivity contribution in [1.29, 1.82) is 0 Å². The number of aromatic nitrogens is 1. The number of halogens is 3. The highest BCUT2D eigenvalue weighted by Crippen LogP contribution is 2.70. The fourth-order valence-corrected chi connectivity index (χ4v) is 9.04. The fraction of sp³-hybridized carbons (Fsp3) is 0.562. The number of carbonyl (C=O) groups is 1. The number of ether oxygens (including phenoxy) is 1. The molecule has 2 aromatic rings. The minimum Gasteiger partial charge on any atom is -0.391 e. The molecule has 42 heavy (non-hydrogen) atoms. The number of aliphatic hydroxyl groups excluding tert-OH is 1. The highest BCUT2D eigenvalue weighted by Gasteiger charge is 2.73. The third kappa shape index (κ3) is 4.02. The number of hydrogen-bond donors (Lipinski definition) is 4. The molecule has 10 heteroatoms. The molecule has 2 saturated heterocycles. The average molecular weight is 616 g/mol. The number of nitrogens with one attached hydrogen (secondary N) is 3. The minimum absolute atomic E-state index is 0.0262. The highest BCUT2D eigenvalue weighted by atomic mass is 35.5. The molecule has 8 atom stereocenters. The van der Waals surface area contributed by atoms with Crippen LogP contribution in [0.3, 0.4) is 0 Å². The molecule has 4 N–H and O–H groups in total. The zero-order valence-corrected chi connectivity index (χ0v) is 25.5. The number of allylic oxidation sites excluding steroid dienone is 1. The number of anilines is 1. The van der Waals surface area contributed by atoms with Gasteiger partial charge in [-0.1, -0.05) is 55.3 Å². The second kappa shape index (κ2) is 9.89. The van der Waals surface area contributed by atoms with E-state index >= 15 is 4.39 Å². The van der Waals surface area contributed by atoms with Gasteiger partial charge in [0.05, 0.1) is 41.3 Å². The number of aliphatic hydroxyl groups is 1. The summed E-state index contributed by atoms with van der Waals surface area (Å²) >= 11 is 12.8. The topological polar surface area (TPSA) is 95.5 Å². The predicted molar refractivity (Wildman–Crippen MR) is 160 cm³/mol. The number of nitrogens with zero attached hydrogens (tertiary/aromatic N) is 1. The van der Waals surface area contributed by atoms with E-state index in [1.807, 2.05) is 6.07 Å². The normalized spacial score (nSPS) is 36.6. The van der Waals surface area contributed by atoms with Crippen LogP contribution in [0.2, 0.25) is 10.2 Å². The quantitative estimate of drug-likeness (QED) is 0.342. The summed E-state index contributed by atoms with van der Waals surface area (Å²) in [6, 6.07) is 5.92. The number of rotatable bonds is 4. The van der Waals surface area contributed by atoms with Crippen LogP contribution in [0.4, 0.5) is 10.1 Å². The number of hydrogen-bond acceptors (Lipinski definition) is 6. The fourth-order valence-electron chi connectivity index (χ4n) is 8.70. The lowest BCUT2D eigenvalue weighted by molar-refractivity contribution is -0.126. The number of fused-ring (bicyclic) bond motifs is 2. The van der Waals surface area contributed by atoms with Gasteiger partial charge in [-0.3, -0.25) is 10.1 Å². The summed E-state index contributed by atoms with van der Waals surface area (Å²) in [5, 5.41) is 21.1. The molecule has 1 aromatic heterocycles. The molecule has 3 fully saturated rings. The molecule has 224 valence electrons. The summed E-state index contributed by atoms with van der Waals surface area (Å²) in [5.74, 6) is -1.07. The van der Waals surface area contributed by atoms with Crippen molar-refractivity contribution < 1.29 is 19.0 Å². The first-order valence-electron chi connectivity index (χ1n) is 14.9. The minimum atomic E-state index is -0.791. The largest absolute Gasteiger partial charge is 0.391 e. The molecule has 2 spiro atoms. The van der Waals surface area contributed by atoms with E-state index in [0.717, 1.165) is 36.2 Å². The summed E-state index contributed by atoms with van der Waals surface area (Å²) in [6.45, 7) is 6.63. The Morgan fingerprint density at radius 3 is 2.81 bits per heavy atom. The molecule has 7 nitrogen and oxygen atoms in total. The maximum Gasteiger partial charge on any atom is 0.238 e. The SMILES string of the molecule is C[C@@H](O)[C@@H]1CC[C@@H](NC(=O)[C@@H]2NC34CCC(C)(C)C(C=C5Nc6cc(Cl)ncc6[C@]53[C@H]2c2cccc(Cl)c2F)C4)CO1. The third-order valence-electron chi connectivity index (χ3n) is 10.9. The maximum atomic E-state index is 16.2. The van der Waals surface area contributed by atoms with Crippen LogP contribution >= 0.6 is 23.2 Å². The van der Waals surface area contributed by atoms with Crippen LogP contribution in [0.5, 0.6) is 0 Å². The Kier molecular flexibility index (Phi) is 6.72. The Morgan fingerprint density at radius 1 is 1.26 bits per heavy atom. The van der Waals surface area contributed by atoms with Crippen molar-refractivity contribution in [3.05, 3.63) is 69.4 Å². The first kappa shape index (κ1) is 28.5. The monoisotopic (exact) mass is 614 g/mol. The van der Waals surface area contributed by atoms with Crippen LogP contribution < -0.4 is 16.0 Å². The molecule has 1 amide bonds. The first-order valence-corrected chi connectivity index (χ1v) is 15.7. The van der Waals surface area contributed by atoms with Gasteiger partial charge < -0.3 is 20.5 Å². The third-order valence-corrected chi connectivity index (χ3v) is 11.4. The van der Waals surface area contributed by atoms with E-state index in [4.69, 9.17) is 27.9 Å². The van der Waals surface area contributed by atoms with Gasteiger partial charge >= 0.3 is 0 Å². The molecule has 2 bridgehead atoms. The van der Waals surface area contributed by atoms with Gasteiger partial charge in [-0.15, -0.1) is 0 Å². The number of pyridine rings is 1. The van der Waals surface area contributed by atoms with E-state index in [1.165, 1.54) is 0 Å². The van der Waals surface area contributed by atoms with Crippen molar-refractivity contribution >= 4 is 34.8 Å². The molecule has 4 heterocycles. The summed E-state index contributed by atoms with van der Waals surface area (Å²) in [4.78, 5) is 18.9. The van der Waals surface area contributed by atoms with Crippen LogP contribution in [0.1, 0.15) is 69.9 Å². The van der Waals surface area contributed by atoms with Crippen molar-refractivity contribution in [2.24, 2.45) is 11.3 Å². The van der Waals surface area contributed by atoms with E-state index in [-0.39, 0.29) is 34.4 Å². The van der Waals surface area contributed by atoms with Crippen LogP contribution in [0.15, 0.2) is 42.2 Å². The van der Waals surface area contributed by atoms with Crippen molar-refractivity contribution in [2.75, 3.05) is 11.9 Å². The second-order valence-electron chi connectivity index (χ2n) is 13.6. The lowest BCUT2D eigenvalue weighted by Crippen LogP contribution is -2.63. The van der Waals surface area contributed by atoms with E-state index in [0.29, 0.717) is 30.2 Å². The molecular weight excluding hydrogens is 578 g/mol. The standard InChI is InChI=1S/C32H37Cl2FN4O3/c1-16(40)23-8-7-18(15-42-23)37-29(41)28-26(19-5-4-6-21(33)27(19)35)32-20-14-36-25(34)12-22(20)38-24(32)11-17-13-31(32,39-28)10-9-30(17,2)3/h4-6,11-12,14,16-18,23,26,28,38-40H,7-10,13,15H2,1-3H3,(H,37,41)/t16-,17?,18-,23+,26+,28-,31?,32-/m1/s1. The first-order chi connectivity index (χ1) is 20.0. The molecule has 1 saturated carbocycles. The van der Waals surface area contributed by atoms with Crippen molar-refractivity contribution in [3.63, 3.8) is 0 Å². The van der Waals surface area contributed by atoms with E-state index in [1.54, 1.807) is 31.3 Å². The summed E-state index contributed by atoms with van der Waals surface area (Å²) in [5.41, 5.74) is 1.87. The Labute approximate surface area is 255 Å². The van der Waals surface area contributed by atoms with Crippen molar-refractivity contribution in [1.82, 2.24) is 15.6 Å². The number of benzene rings is 1. The van der Waals surface area contributed by atoms with E-state index in [9.17, 15) is 9.90 Å². The molecule has 3 aliphatic heterocycles. The number of carbonyl (C=O) groups excluding carboxylic acids is 1. The Balaban J connectivity index is 1.38. The zero-order valence-electron chi connectivity index (χ0n) is 24.0. The maximum absolute atomic E-state index is 16.2. The van der Waals surface area contributed by atoms with Crippen molar-refractivity contribution in [3.8, 4) is 0 Å². The van der Waals surface area contributed by atoms with Crippen molar-refractivity contribution in [2.45, 2.75) is 94.0 Å². The van der Waals surface area contributed by atoms with Gasteiger partial charge in [-0.2, -0.15) is 0 Å². The van der Waals surface area contributed by atoms with Gasteiger partial charge in [0.2, 0.25) is 5.91 Å². The van der Waals surface area contributed by atoms with Gasteiger partial charge in [-0.25, -0.2) is 9.37 Å². The second-order valence-corrected chi connectivity index (χ2v) is 14.4. The van der Waals surface area contributed by atoms with E-state index < -0.39 is 34.8 Å². The molecule has 0 radical (unpaired) electrons. The molecule has 7 rings (SSSR count). The molecule has 5 aliphatic rings.